The molecule has 3 nitrogen and oxygen atoms in total. The van der Waals surface area contributed by atoms with Gasteiger partial charge in [-0.15, -0.1) is 0 Å². The topological polar surface area (TPSA) is 54.4 Å². The number of carbonyl (C=O) groups is 2. The van der Waals surface area contributed by atoms with Crippen molar-refractivity contribution < 1.29 is 14.7 Å². The Morgan fingerprint density at radius 2 is 1.48 bits per heavy atom. The van der Waals surface area contributed by atoms with Gasteiger partial charge in [0.25, 0.3) is 0 Å². The van der Waals surface area contributed by atoms with Gasteiger partial charge in [-0.05, 0) is 85.4 Å². The van der Waals surface area contributed by atoms with E-state index in [0.29, 0.717) is 47.7 Å². The summed E-state index contributed by atoms with van der Waals surface area (Å²) < 4.78 is 0. The maximum atomic E-state index is 13.4. The van der Waals surface area contributed by atoms with Crippen LogP contribution >= 0.6 is 0 Å². The lowest BCUT2D eigenvalue weighted by Crippen LogP contribution is -2.55. The van der Waals surface area contributed by atoms with Gasteiger partial charge in [-0.3, -0.25) is 9.59 Å². The van der Waals surface area contributed by atoms with Crippen LogP contribution in [0.1, 0.15) is 174 Å². The van der Waals surface area contributed by atoms with Crippen molar-refractivity contribution in [1.29, 1.82) is 0 Å². The first-order valence-corrected chi connectivity index (χ1v) is 17.8. The largest absolute Gasteiger partial charge is 0.481 e. The van der Waals surface area contributed by atoms with Crippen molar-refractivity contribution >= 4 is 11.8 Å². The van der Waals surface area contributed by atoms with E-state index in [1.807, 2.05) is 55.4 Å². The number of rotatable bonds is 10. The molecule has 7 unspecified atom stereocenters. The summed E-state index contributed by atoms with van der Waals surface area (Å²) in [6.07, 6.45) is 12.7. The van der Waals surface area contributed by atoms with Gasteiger partial charge in [0.15, 0.2) is 0 Å². The summed E-state index contributed by atoms with van der Waals surface area (Å²) in [5, 5.41) is 9.36. The molecule has 1 N–H and O–H groups in total. The van der Waals surface area contributed by atoms with Gasteiger partial charge >= 0.3 is 5.97 Å². The summed E-state index contributed by atoms with van der Waals surface area (Å²) >= 11 is 0. The van der Waals surface area contributed by atoms with E-state index in [1.54, 1.807) is 0 Å². The van der Waals surface area contributed by atoms with Crippen LogP contribution in [0.5, 0.6) is 0 Å². The fourth-order valence-corrected chi connectivity index (χ4v) is 8.79. The average Bonchev–Trinajstić information content (AvgIpc) is 3.31. The number of carbonyl (C=O) groups excluding carboxylic acids is 1. The van der Waals surface area contributed by atoms with Gasteiger partial charge < -0.3 is 5.11 Å². The van der Waals surface area contributed by atoms with Gasteiger partial charge in [-0.1, -0.05) is 123 Å². The predicted octanol–water partition coefficient (Wildman–Crippen LogP) is 11.9. The summed E-state index contributed by atoms with van der Waals surface area (Å²) in [6.45, 7) is 30.2. The summed E-state index contributed by atoms with van der Waals surface area (Å²) in [6, 6.07) is 0. The molecule has 3 fully saturated rings. The second-order valence-electron chi connectivity index (χ2n) is 12.8. The standard InChI is InChI=1S/C29H50O3.4C2H6/c1-7-9-21-18-25(30)29(6,17-15-26(31)32)24-14-16-28(5)22(12-13-23(28)27(21)24)20(4)11-8-10-19(2)3;4*1-2/h19-24,27H,7-18H2,1-6H3,(H,31,32);4*1-2H3/t20?,21?,22?,23?,24?,27?,28?,29-;;;;/m1..../s1. The lowest BCUT2D eigenvalue weighted by Gasteiger charge is -2.59. The summed E-state index contributed by atoms with van der Waals surface area (Å²) in [5.41, 5.74) is -0.0336. The number of hydrogen-bond acceptors (Lipinski definition) is 2. The van der Waals surface area contributed by atoms with Crippen LogP contribution in [0.25, 0.3) is 0 Å². The first-order valence-electron chi connectivity index (χ1n) is 17.8. The van der Waals surface area contributed by atoms with Crippen molar-refractivity contribution in [3.8, 4) is 0 Å². The summed E-state index contributed by atoms with van der Waals surface area (Å²) in [5.74, 6) is 4.21. The predicted molar refractivity (Wildman–Crippen MR) is 177 cm³/mol. The lowest BCUT2D eigenvalue weighted by atomic mass is 9.45. The number of aliphatic carboxylic acids is 1. The molecule has 0 heterocycles. The minimum absolute atomic E-state index is 0.126. The third kappa shape index (κ3) is 10.1. The molecule has 40 heavy (non-hydrogen) atoms. The Balaban J connectivity index is 0. The second kappa shape index (κ2) is 20.9. The number of carboxylic acid groups (broad SMARTS) is 1. The van der Waals surface area contributed by atoms with Crippen LogP contribution in [-0.2, 0) is 9.59 Å². The smallest absolute Gasteiger partial charge is 0.303 e. The Labute approximate surface area is 252 Å². The van der Waals surface area contributed by atoms with Crippen molar-refractivity contribution in [2.24, 2.45) is 52.3 Å². The minimum atomic E-state index is -0.761. The van der Waals surface area contributed by atoms with Crippen molar-refractivity contribution in [1.82, 2.24) is 0 Å². The number of carboxylic acids is 1. The monoisotopic (exact) mass is 567 g/mol. The van der Waals surface area contributed by atoms with E-state index in [2.05, 4.69) is 41.5 Å². The number of fused-ring (bicyclic) bond motifs is 3. The van der Waals surface area contributed by atoms with Crippen LogP contribution < -0.4 is 0 Å². The molecule has 0 aromatic rings. The van der Waals surface area contributed by atoms with E-state index in [1.165, 1.54) is 38.5 Å². The molecule has 3 aliphatic carbocycles. The molecule has 0 spiro atoms. The van der Waals surface area contributed by atoms with Crippen molar-refractivity contribution in [3.05, 3.63) is 0 Å². The Morgan fingerprint density at radius 1 is 0.900 bits per heavy atom. The maximum Gasteiger partial charge on any atom is 0.303 e. The van der Waals surface area contributed by atoms with E-state index in [4.69, 9.17) is 0 Å². The van der Waals surface area contributed by atoms with Crippen LogP contribution in [0.15, 0.2) is 0 Å². The lowest BCUT2D eigenvalue weighted by molar-refractivity contribution is -0.155. The maximum absolute atomic E-state index is 13.4. The van der Waals surface area contributed by atoms with Gasteiger partial charge in [0.2, 0.25) is 0 Å². The third-order valence-corrected chi connectivity index (χ3v) is 10.5. The zero-order valence-electron chi connectivity index (χ0n) is 29.8. The highest BCUT2D eigenvalue weighted by Gasteiger charge is 2.62. The molecule has 0 radical (unpaired) electrons. The fraction of sp³-hybridized carbons (Fsp3) is 0.946. The molecule has 3 aliphatic rings. The highest BCUT2D eigenvalue weighted by molar-refractivity contribution is 5.86. The molecule has 3 heteroatoms. The highest BCUT2D eigenvalue weighted by atomic mass is 16.4. The molecule has 0 aromatic carbocycles. The average molecular weight is 567 g/mol. The highest BCUT2D eigenvalue weighted by Crippen LogP contribution is 2.67. The van der Waals surface area contributed by atoms with Gasteiger partial charge in [-0.2, -0.15) is 0 Å². The molecule has 0 amide bonds. The summed E-state index contributed by atoms with van der Waals surface area (Å²) in [7, 11) is 0. The SMILES string of the molecule is CC.CC.CC.CC.CCCC1CC(=O)[C@](C)(CCC(=O)O)C2CCC3(C)C(C(C)CCCC(C)C)CCC3C12. The number of hydrogen-bond donors (Lipinski definition) is 1. The zero-order chi connectivity index (χ0) is 31.7. The van der Waals surface area contributed by atoms with Crippen LogP contribution in [0.4, 0.5) is 0 Å². The first-order chi connectivity index (χ1) is 19.0. The Morgan fingerprint density at radius 3 is 1.98 bits per heavy atom. The molecule has 3 saturated carbocycles. The molecule has 3 rings (SSSR count). The number of ketones is 1. The van der Waals surface area contributed by atoms with Crippen LogP contribution in [-0.4, -0.2) is 16.9 Å². The van der Waals surface area contributed by atoms with Crippen LogP contribution in [0.3, 0.4) is 0 Å². The van der Waals surface area contributed by atoms with E-state index < -0.39 is 11.4 Å². The zero-order valence-corrected chi connectivity index (χ0v) is 29.8. The quantitative estimate of drug-likeness (QED) is 0.286. The molecule has 240 valence electrons. The summed E-state index contributed by atoms with van der Waals surface area (Å²) in [4.78, 5) is 24.8. The molecular formula is C37H74O3. The van der Waals surface area contributed by atoms with E-state index in [9.17, 15) is 14.7 Å². The van der Waals surface area contributed by atoms with Gasteiger partial charge in [0.1, 0.15) is 5.78 Å². The molecule has 8 atom stereocenters. The molecular weight excluding hydrogens is 492 g/mol. The Hall–Kier alpha value is -0.860. The Bertz CT molecular complexity index is 670. The number of Topliss-reactive ketones (excluding diaryl/α,β-unsaturated/α-hetero) is 1. The van der Waals surface area contributed by atoms with Crippen LogP contribution in [0.2, 0.25) is 0 Å². The first kappa shape index (κ1) is 41.3. The van der Waals surface area contributed by atoms with Gasteiger partial charge in [-0.25, -0.2) is 0 Å². The second-order valence-corrected chi connectivity index (χ2v) is 12.8. The van der Waals surface area contributed by atoms with Gasteiger partial charge in [0, 0.05) is 18.3 Å². The van der Waals surface area contributed by atoms with Crippen molar-refractivity contribution in [2.75, 3.05) is 0 Å². The van der Waals surface area contributed by atoms with E-state index >= 15 is 0 Å². The van der Waals surface area contributed by atoms with E-state index in [0.717, 1.165) is 37.0 Å². The fourth-order valence-electron chi connectivity index (χ4n) is 8.79. The molecule has 0 aromatic heterocycles. The minimum Gasteiger partial charge on any atom is -0.481 e. The Kier molecular flexibility index (Phi) is 21.6. The third-order valence-electron chi connectivity index (χ3n) is 10.5. The van der Waals surface area contributed by atoms with Crippen molar-refractivity contribution in [3.63, 3.8) is 0 Å². The van der Waals surface area contributed by atoms with Gasteiger partial charge in [0.05, 0.1) is 0 Å². The normalized spacial score (nSPS) is 32.8. The van der Waals surface area contributed by atoms with Crippen molar-refractivity contribution in [2.45, 2.75) is 174 Å². The van der Waals surface area contributed by atoms with Crippen LogP contribution in [0, 0.1) is 52.3 Å². The molecule has 0 aliphatic heterocycles. The van der Waals surface area contributed by atoms with E-state index in [-0.39, 0.29) is 6.42 Å². The molecule has 0 bridgehead atoms. The molecule has 0 saturated heterocycles.